The zero-order valence-electron chi connectivity index (χ0n) is 10.8. The highest BCUT2D eigenvalue weighted by atomic mass is 35.5. The van der Waals surface area contributed by atoms with E-state index in [9.17, 15) is 9.59 Å². The molecule has 2 aromatic carbocycles. The van der Waals surface area contributed by atoms with E-state index in [1.807, 2.05) is 36.4 Å². The van der Waals surface area contributed by atoms with Gasteiger partial charge >= 0.3 is 5.97 Å². The molecule has 0 amide bonds. The molecule has 0 fully saturated rings. The Morgan fingerprint density at radius 3 is 1.95 bits per heavy atom. The van der Waals surface area contributed by atoms with E-state index in [0.29, 0.717) is 10.6 Å². The molecule has 0 saturated heterocycles. The normalized spacial score (nSPS) is 10.7. The molecule has 5 heteroatoms. The first-order chi connectivity index (χ1) is 10.0. The summed E-state index contributed by atoms with van der Waals surface area (Å²) in [5.41, 5.74) is 0.452. The van der Waals surface area contributed by atoms with Gasteiger partial charge in [0.2, 0.25) is 0 Å². The highest BCUT2D eigenvalue weighted by molar-refractivity contribution is 7.99. The van der Waals surface area contributed by atoms with Crippen LogP contribution in [0.2, 0.25) is 5.02 Å². The third kappa shape index (κ3) is 4.77. The van der Waals surface area contributed by atoms with Crippen LogP contribution in [0.3, 0.4) is 0 Å². The minimum absolute atomic E-state index is 0.333. The fraction of sp³-hybridized carbons (Fsp3) is 0. The molecule has 1 N–H and O–H groups in total. The Morgan fingerprint density at radius 1 is 0.905 bits per heavy atom. The minimum atomic E-state index is -1.14. The molecule has 106 valence electrons. The molecule has 0 heterocycles. The smallest absolute Gasteiger partial charge is 0.328 e. The maximum Gasteiger partial charge on any atom is 0.328 e. The topological polar surface area (TPSA) is 54.4 Å². The Kier molecular flexibility index (Phi) is 5.20. The van der Waals surface area contributed by atoms with Gasteiger partial charge in [0.05, 0.1) is 0 Å². The van der Waals surface area contributed by atoms with Crippen molar-refractivity contribution in [2.75, 3.05) is 0 Å². The third-order valence-corrected chi connectivity index (χ3v) is 3.83. The minimum Gasteiger partial charge on any atom is -0.478 e. The van der Waals surface area contributed by atoms with Crippen LogP contribution >= 0.6 is 23.4 Å². The van der Waals surface area contributed by atoms with E-state index in [0.717, 1.165) is 21.9 Å². The lowest BCUT2D eigenvalue weighted by atomic mass is 10.1. The monoisotopic (exact) mass is 318 g/mol. The van der Waals surface area contributed by atoms with Gasteiger partial charge in [-0.2, -0.15) is 0 Å². The van der Waals surface area contributed by atoms with Gasteiger partial charge in [0.15, 0.2) is 5.78 Å². The number of hydrogen-bond donors (Lipinski definition) is 1. The van der Waals surface area contributed by atoms with Gasteiger partial charge in [0, 0.05) is 26.5 Å². The summed E-state index contributed by atoms with van der Waals surface area (Å²) in [4.78, 5) is 24.1. The number of carbonyl (C=O) groups is 2. The Morgan fingerprint density at radius 2 is 1.43 bits per heavy atom. The molecule has 0 aromatic heterocycles. The van der Waals surface area contributed by atoms with E-state index in [4.69, 9.17) is 16.7 Å². The van der Waals surface area contributed by atoms with Crippen molar-refractivity contribution < 1.29 is 14.7 Å². The van der Waals surface area contributed by atoms with Gasteiger partial charge < -0.3 is 5.11 Å². The Balaban J connectivity index is 2.06. The third-order valence-electron chi connectivity index (χ3n) is 2.57. The van der Waals surface area contributed by atoms with Crippen molar-refractivity contribution >= 4 is 35.1 Å². The number of rotatable bonds is 5. The van der Waals surface area contributed by atoms with E-state index in [2.05, 4.69) is 0 Å². The average Bonchev–Trinajstić information content (AvgIpc) is 2.48. The molecule has 0 aliphatic carbocycles. The lowest BCUT2D eigenvalue weighted by Crippen LogP contribution is -1.96. The highest BCUT2D eigenvalue weighted by Gasteiger charge is 2.03. The van der Waals surface area contributed by atoms with Crippen LogP contribution < -0.4 is 0 Å². The second-order valence-corrected chi connectivity index (χ2v) is 5.70. The van der Waals surface area contributed by atoms with Gasteiger partial charge in [0.1, 0.15) is 0 Å². The SMILES string of the molecule is O=C(O)/C=C/C(=O)c1ccc(Sc2ccc(Cl)cc2)cc1. The van der Waals surface area contributed by atoms with Crippen LogP contribution in [-0.4, -0.2) is 16.9 Å². The van der Waals surface area contributed by atoms with E-state index in [1.165, 1.54) is 0 Å². The number of allylic oxidation sites excluding steroid dienone is 1. The second kappa shape index (κ2) is 7.11. The maximum absolute atomic E-state index is 11.7. The van der Waals surface area contributed by atoms with Crippen LogP contribution in [-0.2, 0) is 4.79 Å². The summed E-state index contributed by atoms with van der Waals surface area (Å²) in [6.07, 6.45) is 1.88. The van der Waals surface area contributed by atoms with Crippen LogP contribution in [0, 0.1) is 0 Å². The quantitative estimate of drug-likeness (QED) is 0.659. The van der Waals surface area contributed by atoms with Crippen LogP contribution in [0.5, 0.6) is 0 Å². The van der Waals surface area contributed by atoms with Crippen molar-refractivity contribution in [1.29, 1.82) is 0 Å². The summed E-state index contributed by atoms with van der Waals surface area (Å²) in [6.45, 7) is 0. The highest BCUT2D eigenvalue weighted by Crippen LogP contribution is 2.28. The van der Waals surface area contributed by atoms with Gasteiger partial charge in [-0.15, -0.1) is 0 Å². The van der Waals surface area contributed by atoms with Gasteiger partial charge in [-0.25, -0.2) is 4.79 Å². The molecular weight excluding hydrogens is 308 g/mol. The van der Waals surface area contributed by atoms with Gasteiger partial charge in [0.25, 0.3) is 0 Å². The molecule has 0 unspecified atom stereocenters. The number of benzene rings is 2. The Hall–Kier alpha value is -2.04. The fourth-order valence-corrected chi connectivity index (χ4v) is 2.51. The molecule has 0 atom stereocenters. The molecule has 0 spiro atoms. The van der Waals surface area contributed by atoms with E-state index < -0.39 is 5.97 Å². The van der Waals surface area contributed by atoms with Gasteiger partial charge in [-0.3, -0.25) is 4.79 Å². The van der Waals surface area contributed by atoms with Crippen LogP contribution in [0.15, 0.2) is 70.5 Å². The predicted molar refractivity (Wildman–Crippen MR) is 83.1 cm³/mol. The summed E-state index contributed by atoms with van der Waals surface area (Å²) in [7, 11) is 0. The van der Waals surface area contributed by atoms with Crippen molar-refractivity contribution in [2.45, 2.75) is 9.79 Å². The summed E-state index contributed by atoms with van der Waals surface area (Å²) in [5, 5.41) is 9.17. The predicted octanol–water partition coefficient (Wildman–Crippen LogP) is 4.31. The molecule has 3 nitrogen and oxygen atoms in total. The number of carboxylic acids is 1. The zero-order valence-corrected chi connectivity index (χ0v) is 12.4. The molecule has 2 rings (SSSR count). The molecule has 21 heavy (non-hydrogen) atoms. The molecule has 0 saturated carbocycles. The number of ketones is 1. The van der Waals surface area contributed by atoms with Crippen molar-refractivity contribution in [3.05, 3.63) is 71.3 Å². The Labute approximate surface area is 131 Å². The summed E-state index contributed by atoms with van der Waals surface area (Å²) in [5.74, 6) is -1.47. The van der Waals surface area contributed by atoms with Crippen molar-refractivity contribution in [2.24, 2.45) is 0 Å². The lowest BCUT2D eigenvalue weighted by molar-refractivity contribution is -0.131. The number of aliphatic carboxylic acids is 1. The first-order valence-electron chi connectivity index (χ1n) is 6.03. The standard InChI is InChI=1S/C16H11ClO3S/c17-12-3-7-14(8-4-12)21-13-5-1-11(2-6-13)15(18)9-10-16(19)20/h1-10H,(H,19,20)/b10-9+. The largest absolute Gasteiger partial charge is 0.478 e. The average molecular weight is 319 g/mol. The number of hydrogen-bond acceptors (Lipinski definition) is 3. The zero-order chi connectivity index (χ0) is 15.2. The first-order valence-corrected chi connectivity index (χ1v) is 7.23. The molecule has 2 aromatic rings. The first kappa shape index (κ1) is 15.4. The molecular formula is C16H11ClO3S. The summed E-state index contributed by atoms with van der Waals surface area (Å²) >= 11 is 7.38. The summed E-state index contributed by atoms with van der Waals surface area (Å²) in [6, 6.07) is 14.5. The molecule has 0 aliphatic heterocycles. The molecule has 0 radical (unpaired) electrons. The second-order valence-electron chi connectivity index (χ2n) is 4.12. The fourth-order valence-electron chi connectivity index (χ4n) is 1.57. The van der Waals surface area contributed by atoms with E-state index >= 15 is 0 Å². The van der Waals surface area contributed by atoms with Crippen molar-refractivity contribution in [3.8, 4) is 0 Å². The van der Waals surface area contributed by atoms with E-state index in [1.54, 1.807) is 23.9 Å². The lowest BCUT2D eigenvalue weighted by Gasteiger charge is -2.03. The van der Waals surface area contributed by atoms with Crippen LogP contribution in [0.1, 0.15) is 10.4 Å². The van der Waals surface area contributed by atoms with Gasteiger partial charge in [-0.05, 0) is 54.6 Å². The summed E-state index contributed by atoms with van der Waals surface area (Å²) < 4.78 is 0. The number of halogens is 1. The maximum atomic E-state index is 11.7. The van der Waals surface area contributed by atoms with Crippen LogP contribution in [0.4, 0.5) is 0 Å². The molecule has 0 aliphatic rings. The van der Waals surface area contributed by atoms with Crippen molar-refractivity contribution in [1.82, 2.24) is 0 Å². The van der Waals surface area contributed by atoms with Crippen molar-refractivity contribution in [3.63, 3.8) is 0 Å². The number of carbonyl (C=O) groups excluding carboxylic acids is 1. The van der Waals surface area contributed by atoms with Crippen LogP contribution in [0.25, 0.3) is 0 Å². The van der Waals surface area contributed by atoms with E-state index in [-0.39, 0.29) is 5.78 Å². The number of carboxylic acid groups (broad SMARTS) is 1. The Bertz CT molecular complexity index is 676. The molecule has 0 bridgehead atoms. The van der Waals surface area contributed by atoms with Gasteiger partial charge in [-0.1, -0.05) is 23.4 Å².